The van der Waals surface area contributed by atoms with Crippen molar-refractivity contribution in [3.8, 4) is 0 Å². The van der Waals surface area contributed by atoms with Gasteiger partial charge in [0.1, 0.15) is 23.0 Å². The molecular formula is C12H11ClFNO4S. The maximum atomic E-state index is 13.7. The van der Waals surface area contributed by atoms with Crippen molar-refractivity contribution in [1.82, 2.24) is 0 Å². The first kappa shape index (κ1) is 14.8. The highest BCUT2D eigenvalue weighted by Gasteiger charge is 2.23. The monoisotopic (exact) mass is 319 g/mol. The average molecular weight is 320 g/mol. The van der Waals surface area contributed by atoms with Gasteiger partial charge in [0.05, 0.1) is 10.7 Å². The van der Waals surface area contributed by atoms with Gasteiger partial charge in [0.2, 0.25) is 0 Å². The lowest BCUT2D eigenvalue weighted by atomic mass is 10.3. The standard InChI is InChI=1S/C12H11ClFNO4S/c1-7-11(5-8(6-16)19-7)20(17,18)15-10-4-2-3-9(13)12(10)14/h2-5,15-16H,6H2,1H3. The Kier molecular flexibility index (Phi) is 4.03. The number of sulfonamides is 1. The van der Waals surface area contributed by atoms with Crippen LogP contribution < -0.4 is 4.72 Å². The Morgan fingerprint density at radius 1 is 1.45 bits per heavy atom. The number of aliphatic hydroxyl groups is 1. The summed E-state index contributed by atoms with van der Waals surface area (Å²) in [5.74, 6) is -0.653. The van der Waals surface area contributed by atoms with E-state index in [9.17, 15) is 12.8 Å². The fraction of sp³-hybridized carbons (Fsp3) is 0.167. The highest BCUT2D eigenvalue weighted by Crippen LogP contribution is 2.27. The fourth-order valence-electron chi connectivity index (χ4n) is 1.65. The van der Waals surface area contributed by atoms with Crippen molar-refractivity contribution >= 4 is 27.3 Å². The van der Waals surface area contributed by atoms with Gasteiger partial charge in [-0.25, -0.2) is 12.8 Å². The Balaban J connectivity index is 2.40. The number of hydrogen-bond donors (Lipinski definition) is 2. The molecule has 8 heteroatoms. The van der Waals surface area contributed by atoms with Crippen molar-refractivity contribution in [1.29, 1.82) is 0 Å². The summed E-state index contributed by atoms with van der Waals surface area (Å²) in [7, 11) is -4.03. The molecule has 0 saturated carbocycles. The summed E-state index contributed by atoms with van der Waals surface area (Å²) in [6.45, 7) is 1.00. The maximum Gasteiger partial charge on any atom is 0.265 e. The Morgan fingerprint density at radius 3 is 2.75 bits per heavy atom. The van der Waals surface area contributed by atoms with Crippen molar-refractivity contribution in [2.45, 2.75) is 18.4 Å². The molecule has 0 spiro atoms. The van der Waals surface area contributed by atoms with Crippen LogP contribution in [-0.4, -0.2) is 13.5 Å². The summed E-state index contributed by atoms with van der Waals surface area (Å²) >= 11 is 5.59. The molecular weight excluding hydrogens is 309 g/mol. The molecule has 2 aromatic rings. The number of furan rings is 1. The molecule has 0 amide bonds. The van der Waals surface area contributed by atoms with Crippen LogP contribution >= 0.6 is 11.6 Å². The average Bonchev–Trinajstić information content (AvgIpc) is 2.77. The summed E-state index contributed by atoms with van der Waals surface area (Å²) in [6.07, 6.45) is 0. The van der Waals surface area contributed by atoms with Crippen LogP contribution in [0, 0.1) is 12.7 Å². The van der Waals surface area contributed by atoms with Crippen molar-refractivity contribution < 1.29 is 22.3 Å². The van der Waals surface area contributed by atoms with Gasteiger partial charge in [0.15, 0.2) is 5.82 Å². The van der Waals surface area contributed by atoms with Crippen LogP contribution in [0.4, 0.5) is 10.1 Å². The second kappa shape index (κ2) is 5.43. The minimum absolute atomic E-state index is 0.101. The van der Waals surface area contributed by atoms with Crippen LogP contribution in [0.15, 0.2) is 33.6 Å². The van der Waals surface area contributed by atoms with E-state index in [-0.39, 0.29) is 27.1 Å². The normalized spacial score (nSPS) is 11.6. The number of rotatable bonds is 4. The topological polar surface area (TPSA) is 79.5 Å². The molecule has 20 heavy (non-hydrogen) atoms. The Hall–Kier alpha value is -1.57. The lowest BCUT2D eigenvalue weighted by Gasteiger charge is -2.08. The first-order chi connectivity index (χ1) is 9.35. The zero-order valence-corrected chi connectivity index (χ0v) is 11.9. The maximum absolute atomic E-state index is 13.7. The number of halogens is 2. The highest BCUT2D eigenvalue weighted by molar-refractivity contribution is 7.92. The molecule has 0 atom stereocenters. The largest absolute Gasteiger partial charge is 0.462 e. The number of anilines is 1. The van der Waals surface area contributed by atoms with Crippen LogP contribution in [0.25, 0.3) is 0 Å². The molecule has 0 bridgehead atoms. The molecule has 1 aromatic heterocycles. The molecule has 0 aliphatic carbocycles. The highest BCUT2D eigenvalue weighted by atomic mass is 35.5. The smallest absolute Gasteiger partial charge is 0.265 e. The van der Waals surface area contributed by atoms with Gasteiger partial charge in [0, 0.05) is 6.07 Å². The minimum Gasteiger partial charge on any atom is -0.462 e. The molecule has 0 fully saturated rings. The van der Waals surface area contributed by atoms with Gasteiger partial charge in [-0.2, -0.15) is 0 Å². The number of benzene rings is 1. The van der Waals surface area contributed by atoms with Gasteiger partial charge in [-0.15, -0.1) is 0 Å². The van der Waals surface area contributed by atoms with E-state index in [0.717, 1.165) is 0 Å². The van der Waals surface area contributed by atoms with Crippen LogP contribution in [0.5, 0.6) is 0 Å². The van der Waals surface area contributed by atoms with Crippen molar-refractivity contribution in [2.75, 3.05) is 4.72 Å². The van der Waals surface area contributed by atoms with E-state index >= 15 is 0 Å². The second-order valence-electron chi connectivity index (χ2n) is 4.00. The van der Waals surface area contributed by atoms with Crippen molar-refractivity contribution in [2.24, 2.45) is 0 Å². The van der Waals surface area contributed by atoms with Crippen molar-refractivity contribution in [3.05, 3.63) is 46.6 Å². The third kappa shape index (κ3) is 2.79. The second-order valence-corrected chi connectivity index (χ2v) is 6.06. The number of aliphatic hydroxyl groups excluding tert-OH is 1. The van der Waals surface area contributed by atoms with E-state index in [1.165, 1.54) is 31.2 Å². The Morgan fingerprint density at radius 2 is 2.15 bits per heavy atom. The number of hydrogen-bond acceptors (Lipinski definition) is 4. The molecule has 1 aromatic carbocycles. The van der Waals surface area contributed by atoms with E-state index in [1.54, 1.807) is 0 Å². The minimum atomic E-state index is -4.03. The van der Waals surface area contributed by atoms with Gasteiger partial charge < -0.3 is 9.52 Å². The third-order valence-electron chi connectivity index (χ3n) is 2.56. The van der Waals surface area contributed by atoms with E-state index in [0.29, 0.717) is 0 Å². The SMILES string of the molecule is Cc1oc(CO)cc1S(=O)(=O)Nc1cccc(Cl)c1F. The summed E-state index contributed by atoms with van der Waals surface area (Å²) in [6, 6.07) is 5.16. The van der Waals surface area contributed by atoms with Gasteiger partial charge in [-0.1, -0.05) is 17.7 Å². The molecule has 1 heterocycles. The van der Waals surface area contributed by atoms with Crippen molar-refractivity contribution in [3.63, 3.8) is 0 Å². The third-order valence-corrected chi connectivity index (χ3v) is 4.33. The first-order valence-corrected chi connectivity index (χ1v) is 7.38. The lowest BCUT2D eigenvalue weighted by Crippen LogP contribution is -2.14. The van der Waals surface area contributed by atoms with E-state index in [2.05, 4.69) is 4.72 Å². The molecule has 0 radical (unpaired) electrons. The van der Waals surface area contributed by atoms with Gasteiger partial charge in [-0.05, 0) is 19.1 Å². The molecule has 5 nitrogen and oxygen atoms in total. The van der Waals surface area contributed by atoms with E-state index in [4.69, 9.17) is 21.1 Å². The number of nitrogens with one attached hydrogen (secondary N) is 1. The van der Waals surface area contributed by atoms with Gasteiger partial charge in [0.25, 0.3) is 10.0 Å². The molecule has 2 N–H and O–H groups in total. The molecule has 0 aliphatic rings. The van der Waals surface area contributed by atoms with Gasteiger partial charge >= 0.3 is 0 Å². The van der Waals surface area contributed by atoms with Crippen LogP contribution in [0.1, 0.15) is 11.5 Å². The summed E-state index contributed by atoms with van der Waals surface area (Å²) in [5, 5.41) is 8.74. The summed E-state index contributed by atoms with van der Waals surface area (Å²) < 4.78 is 45.1. The molecule has 2 rings (SSSR count). The Labute approximate surface area is 120 Å². The van der Waals surface area contributed by atoms with Crippen LogP contribution in [0.2, 0.25) is 5.02 Å². The van der Waals surface area contributed by atoms with E-state index in [1.807, 2.05) is 0 Å². The van der Waals surface area contributed by atoms with Gasteiger partial charge in [-0.3, -0.25) is 4.72 Å². The first-order valence-electron chi connectivity index (χ1n) is 5.52. The zero-order valence-electron chi connectivity index (χ0n) is 10.4. The summed E-state index contributed by atoms with van der Waals surface area (Å²) in [4.78, 5) is -0.166. The fourth-order valence-corrected chi connectivity index (χ4v) is 3.09. The predicted molar refractivity (Wildman–Crippen MR) is 71.6 cm³/mol. The molecule has 0 aliphatic heterocycles. The summed E-state index contributed by atoms with van der Waals surface area (Å²) in [5.41, 5.74) is -0.261. The predicted octanol–water partition coefficient (Wildman–Crippen LogP) is 2.67. The number of aryl methyl sites for hydroxylation is 1. The quantitative estimate of drug-likeness (QED) is 0.908. The van der Waals surface area contributed by atoms with Crippen LogP contribution in [0.3, 0.4) is 0 Å². The lowest BCUT2D eigenvalue weighted by molar-refractivity contribution is 0.245. The molecule has 0 saturated heterocycles. The van der Waals surface area contributed by atoms with Crippen LogP contribution in [-0.2, 0) is 16.6 Å². The molecule has 0 unspecified atom stereocenters. The zero-order chi connectivity index (χ0) is 14.9. The molecule has 108 valence electrons. The Bertz CT molecular complexity index is 742. The van der Waals surface area contributed by atoms with E-state index < -0.39 is 22.4 Å².